The summed E-state index contributed by atoms with van der Waals surface area (Å²) >= 11 is 0. The number of benzene rings is 2. The van der Waals surface area contributed by atoms with Crippen LogP contribution >= 0.6 is 0 Å². The number of nitrogens with zero attached hydrogens (tertiary/aromatic N) is 2. The summed E-state index contributed by atoms with van der Waals surface area (Å²) < 4.78 is 15.7. The summed E-state index contributed by atoms with van der Waals surface area (Å²) in [6, 6.07) is 13.9. The molecule has 4 rings (SSSR count). The second-order valence-corrected chi connectivity index (χ2v) is 7.86. The average molecular weight is 491 g/mol. The van der Waals surface area contributed by atoms with Gasteiger partial charge in [0.15, 0.2) is 0 Å². The summed E-state index contributed by atoms with van der Waals surface area (Å²) in [4.78, 5) is 48.9. The monoisotopic (exact) mass is 491 g/mol. The Balaban J connectivity index is 1.58. The molecule has 0 bridgehead atoms. The number of nitro groups is 1. The van der Waals surface area contributed by atoms with Crippen LogP contribution in [-0.2, 0) is 22.7 Å². The SMILES string of the molecule is COC(=O)c1ccc(CN2C(=O)N/C(=C\c3cccc([N+](=O)[O-])c3OCc3ccc(C)cc3)C2=O)o1. The van der Waals surface area contributed by atoms with Gasteiger partial charge in [-0.15, -0.1) is 0 Å². The smallest absolute Gasteiger partial charge is 0.373 e. The quantitative estimate of drug-likeness (QED) is 0.164. The van der Waals surface area contributed by atoms with Gasteiger partial charge in [0.2, 0.25) is 11.5 Å². The Morgan fingerprint density at radius 3 is 2.58 bits per heavy atom. The van der Waals surface area contributed by atoms with Crippen molar-refractivity contribution in [3.63, 3.8) is 0 Å². The normalized spacial score (nSPS) is 14.2. The zero-order chi connectivity index (χ0) is 25.8. The van der Waals surface area contributed by atoms with E-state index in [0.29, 0.717) is 0 Å². The molecule has 0 unspecified atom stereocenters. The molecule has 0 saturated carbocycles. The molecule has 2 heterocycles. The second kappa shape index (κ2) is 10.1. The number of imide groups is 1. The van der Waals surface area contributed by atoms with E-state index in [1.807, 2.05) is 31.2 Å². The number of urea groups is 1. The van der Waals surface area contributed by atoms with Gasteiger partial charge in [0.25, 0.3) is 5.91 Å². The lowest BCUT2D eigenvalue weighted by Crippen LogP contribution is -2.30. The van der Waals surface area contributed by atoms with Crippen molar-refractivity contribution in [1.82, 2.24) is 10.2 Å². The van der Waals surface area contributed by atoms with Crippen LogP contribution in [0.2, 0.25) is 0 Å². The van der Waals surface area contributed by atoms with Gasteiger partial charge in [-0.1, -0.05) is 42.0 Å². The molecule has 1 aromatic heterocycles. The molecule has 36 heavy (non-hydrogen) atoms. The fraction of sp³-hybridized carbons (Fsp3) is 0.160. The van der Waals surface area contributed by atoms with E-state index >= 15 is 0 Å². The van der Waals surface area contributed by atoms with Crippen molar-refractivity contribution in [2.45, 2.75) is 20.1 Å². The van der Waals surface area contributed by atoms with Crippen LogP contribution in [-0.4, -0.2) is 34.8 Å². The molecule has 0 radical (unpaired) electrons. The fourth-order valence-corrected chi connectivity index (χ4v) is 3.50. The van der Waals surface area contributed by atoms with Crippen LogP contribution < -0.4 is 10.1 Å². The Morgan fingerprint density at radius 2 is 1.89 bits per heavy atom. The van der Waals surface area contributed by atoms with Crippen molar-refractivity contribution in [3.8, 4) is 5.75 Å². The van der Waals surface area contributed by atoms with Crippen molar-refractivity contribution in [2.75, 3.05) is 7.11 Å². The van der Waals surface area contributed by atoms with Crippen LogP contribution in [0.1, 0.15) is 33.0 Å². The standard InChI is InChI=1S/C25H21N3O8/c1-15-6-8-16(9-7-15)14-35-22-17(4-3-5-20(22)28(32)33)12-19-23(29)27(25(31)26-19)13-18-10-11-21(36-18)24(30)34-2/h3-12H,13-14H2,1-2H3,(H,26,31)/b19-12-. The van der Waals surface area contributed by atoms with Crippen LogP contribution in [0.5, 0.6) is 5.75 Å². The van der Waals surface area contributed by atoms with E-state index in [9.17, 15) is 24.5 Å². The van der Waals surface area contributed by atoms with Gasteiger partial charge in [-0.3, -0.25) is 19.8 Å². The van der Waals surface area contributed by atoms with E-state index in [1.165, 1.54) is 37.5 Å². The lowest BCUT2D eigenvalue weighted by atomic mass is 10.1. The molecule has 11 heteroatoms. The van der Waals surface area contributed by atoms with Crippen LogP contribution in [0.4, 0.5) is 10.5 Å². The van der Waals surface area contributed by atoms with Gasteiger partial charge in [-0.05, 0) is 30.7 Å². The second-order valence-electron chi connectivity index (χ2n) is 7.86. The molecule has 0 spiro atoms. The molecule has 0 aliphatic carbocycles. The number of rotatable bonds is 8. The lowest BCUT2D eigenvalue weighted by Gasteiger charge is -2.11. The van der Waals surface area contributed by atoms with Crippen molar-refractivity contribution < 1.29 is 33.2 Å². The van der Waals surface area contributed by atoms with E-state index in [4.69, 9.17) is 9.15 Å². The number of aryl methyl sites for hydroxylation is 1. The summed E-state index contributed by atoms with van der Waals surface area (Å²) in [5, 5.41) is 14.1. The maximum atomic E-state index is 12.9. The van der Waals surface area contributed by atoms with Crippen LogP contribution in [0.25, 0.3) is 6.08 Å². The van der Waals surface area contributed by atoms with E-state index in [-0.39, 0.29) is 47.4 Å². The van der Waals surface area contributed by atoms with Gasteiger partial charge in [0, 0.05) is 11.6 Å². The highest BCUT2D eigenvalue weighted by molar-refractivity contribution is 6.14. The largest absolute Gasteiger partial charge is 0.482 e. The minimum Gasteiger partial charge on any atom is -0.482 e. The van der Waals surface area contributed by atoms with E-state index in [1.54, 1.807) is 6.07 Å². The number of carbonyl (C=O) groups is 3. The molecular weight excluding hydrogens is 470 g/mol. The highest BCUT2D eigenvalue weighted by atomic mass is 16.6. The maximum Gasteiger partial charge on any atom is 0.373 e. The summed E-state index contributed by atoms with van der Waals surface area (Å²) in [6.45, 7) is 1.77. The van der Waals surface area contributed by atoms with E-state index in [0.717, 1.165) is 16.0 Å². The Labute approximate surface area is 205 Å². The molecule has 184 valence electrons. The number of hydrogen-bond acceptors (Lipinski definition) is 8. The number of nitrogens with one attached hydrogen (secondary N) is 1. The number of carbonyl (C=O) groups excluding carboxylic acids is 3. The predicted octanol–water partition coefficient (Wildman–Crippen LogP) is 3.95. The topological polar surface area (TPSA) is 141 Å². The predicted molar refractivity (Wildman–Crippen MR) is 126 cm³/mol. The highest BCUT2D eigenvalue weighted by Crippen LogP contribution is 2.33. The highest BCUT2D eigenvalue weighted by Gasteiger charge is 2.35. The molecule has 1 aliphatic heterocycles. The molecule has 0 atom stereocenters. The van der Waals surface area contributed by atoms with Crippen molar-refractivity contribution in [2.24, 2.45) is 0 Å². The van der Waals surface area contributed by atoms with Gasteiger partial charge in [-0.2, -0.15) is 0 Å². The molecule has 1 N–H and O–H groups in total. The third kappa shape index (κ3) is 5.09. The number of amides is 3. The Bertz CT molecular complexity index is 1370. The maximum absolute atomic E-state index is 12.9. The summed E-state index contributed by atoms with van der Waals surface area (Å²) in [5.74, 6) is -1.28. The number of esters is 1. The zero-order valence-corrected chi connectivity index (χ0v) is 19.3. The van der Waals surface area contributed by atoms with Crippen LogP contribution in [0, 0.1) is 17.0 Å². The van der Waals surface area contributed by atoms with Gasteiger partial charge in [0.1, 0.15) is 18.1 Å². The molecular formula is C25H21N3O8. The molecule has 3 aromatic rings. The average Bonchev–Trinajstić information content (AvgIpc) is 3.44. The number of nitro benzene ring substituents is 1. The molecule has 1 fully saturated rings. The van der Waals surface area contributed by atoms with Crippen molar-refractivity contribution in [1.29, 1.82) is 0 Å². The molecule has 11 nitrogen and oxygen atoms in total. The van der Waals surface area contributed by atoms with Crippen LogP contribution in [0.3, 0.4) is 0 Å². The first-order valence-corrected chi connectivity index (χ1v) is 10.7. The fourth-order valence-electron chi connectivity index (χ4n) is 3.50. The minimum absolute atomic E-state index is 0.0372. The van der Waals surface area contributed by atoms with E-state index in [2.05, 4.69) is 10.1 Å². The molecule has 1 aliphatic rings. The number of ether oxygens (including phenoxy) is 2. The van der Waals surface area contributed by atoms with Gasteiger partial charge < -0.3 is 19.2 Å². The van der Waals surface area contributed by atoms with Crippen molar-refractivity contribution >= 4 is 29.7 Å². The summed E-state index contributed by atoms with van der Waals surface area (Å²) in [6.07, 6.45) is 1.32. The van der Waals surface area contributed by atoms with Gasteiger partial charge >= 0.3 is 17.7 Å². The number of methoxy groups -OCH3 is 1. The lowest BCUT2D eigenvalue weighted by molar-refractivity contribution is -0.386. The Kier molecular flexibility index (Phi) is 6.81. The van der Waals surface area contributed by atoms with Gasteiger partial charge in [-0.25, -0.2) is 9.59 Å². The first-order valence-electron chi connectivity index (χ1n) is 10.7. The third-order valence-electron chi connectivity index (χ3n) is 5.35. The molecule has 1 saturated heterocycles. The Hall–Kier alpha value is -4.93. The van der Waals surface area contributed by atoms with E-state index < -0.39 is 22.8 Å². The minimum atomic E-state index is -0.713. The van der Waals surface area contributed by atoms with Crippen LogP contribution in [0.15, 0.2) is 64.7 Å². The molecule has 2 aromatic carbocycles. The number of hydrogen-bond donors (Lipinski definition) is 1. The first-order chi connectivity index (χ1) is 17.3. The number of furan rings is 1. The summed E-state index contributed by atoms with van der Waals surface area (Å²) in [7, 11) is 1.20. The zero-order valence-electron chi connectivity index (χ0n) is 19.3. The van der Waals surface area contributed by atoms with Crippen molar-refractivity contribution in [3.05, 3.63) is 98.6 Å². The third-order valence-corrected chi connectivity index (χ3v) is 5.35. The molecule has 3 amide bonds. The van der Waals surface area contributed by atoms with Gasteiger partial charge in [0.05, 0.1) is 18.6 Å². The summed E-state index contributed by atoms with van der Waals surface area (Å²) in [5.41, 5.74) is 1.73. The first kappa shape index (κ1) is 24.2. The number of para-hydroxylation sites is 1. The Morgan fingerprint density at radius 1 is 1.14 bits per heavy atom.